The normalized spacial score (nSPS) is 11.2. The predicted molar refractivity (Wildman–Crippen MR) is 103 cm³/mol. The quantitative estimate of drug-likeness (QED) is 0.536. The van der Waals surface area contributed by atoms with Crippen LogP contribution in [0.15, 0.2) is 42.5 Å². The van der Waals surface area contributed by atoms with E-state index in [1.807, 2.05) is 20.2 Å². The third-order valence-electron chi connectivity index (χ3n) is 4.59. The summed E-state index contributed by atoms with van der Waals surface area (Å²) < 4.78 is 4.82. The monoisotopic (exact) mass is 336 g/mol. The number of nitrogens with one attached hydrogen (secondary N) is 2. The van der Waals surface area contributed by atoms with Crippen molar-refractivity contribution < 1.29 is 9.53 Å². The molecule has 0 fully saturated rings. The topological polar surface area (TPSA) is 50.4 Å². The Morgan fingerprint density at radius 2 is 1.44 bits per heavy atom. The molecule has 130 valence electrons. The summed E-state index contributed by atoms with van der Waals surface area (Å²) in [7, 11) is 5.35. The summed E-state index contributed by atoms with van der Waals surface area (Å²) >= 11 is 0. The molecule has 4 heteroatoms. The molecule has 4 nitrogen and oxygen atoms in total. The third kappa shape index (κ3) is 3.36. The molecule has 3 rings (SSSR count). The highest BCUT2D eigenvalue weighted by Gasteiger charge is 2.14. The Labute approximate surface area is 148 Å². The number of ether oxygens (including phenoxy) is 1. The average molecular weight is 336 g/mol. The summed E-state index contributed by atoms with van der Waals surface area (Å²) in [5.74, 6) is -0.217. The van der Waals surface area contributed by atoms with Crippen LogP contribution in [0.25, 0.3) is 21.5 Å². The van der Waals surface area contributed by atoms with E-state index in [0.717, 1.165) is 18.7 Å². The molecule has 0 atom stereocenters. The molecule has 0 aliphatic carbocycles. The Morgan fingerprint density at radius 1 is 0.880 bits per heavy atom. The molecule has 0 spiro atoms. The van der Waals surface area contributed by atoms with Gasteiger partial charge in [-0.05, 0) is 52.3 Å². The molecule has 0 aliphatic heterocycles. The number of methoxy groups -OCH3 is 1. The minimum atomic E-state index is -0.217. The van der Waals surface area contributed by atoms with Gasteiger partial charge in [-0.2, -0.15) is 0 Å². The molecule has 0 amide bonds. The smallest absolute Gasteiger partial charge is 0.309 e. The first-order chi connectivity index (χ1) is 12.2. The number of hydrogen-bond acceptors (Lipinski definition) is 4. The zero-order chi connectivity index (χ0) is 17.8. The second kappa shape index (κ2) is 7.64. The Morgan fingerprint density at radius 3 is 2.00 bits per heavy atom. The van der Waals surface area contributed by atoms with Crippen molar-refractivity contribution >= 4 is 27.5 Å². The highest BCUT2D eigenvalue weighted by atomic mass is 16.5. The van der Waals surface area contributed by atoms with E-state index in [4.69, 9.17) is 4.74 Å². The Kier molecular flexibility index (Phi) is 5.31. The van der Waals surface area contributed by atoms with Gasteiger partial charge in [-0.1, -0.05) is 42.5 Å². The minimum absolute atomic E-state index is 0.217. The summed E-state index contributed by atoms with van der Waals surface area (Å²) in [6.07, 6.45) is 0.291. The lowest BCUT2D eigenvalue weighted by Gasteiger charge is -2.17. The summed E-state index contributed by atoms with van der Waals surface area (Å²) in [5.41, 5.74) is 3.53. The molecule has 0 saturated carbocycles. The molecule has 0 aromatic heterocycles. The second-order valence-electron chi connectivity index (χ2n) is 6.20. The van der Waals surface area contributed by atoms with Crippen LogP contribution >= 0.6 is 0 Å². The van der Waals surface area contributed by atoms with Crippen molar-refractivity contribution in [3.8, 4) is 0 Å². The maximum Gasteiger partial charge on any atom is 0.309 e. The van der Waals surface area contributed by atoms with E-state index in [9.17, 15) is 4.79 Å². The molecular formula is C21H24N2O2. The number of rotatable bonds is 6. The summed E-state index contributed by atoms with van der Waals surface area (Å²) in [6.45, 7) is 1.58. The van der Waals surface area contributed by atoms with Crippen molar-refractivity contribution in [1.82, 2.24) is 10.6 Å². The Hall–Kier alpha value is -2.43. The fourth-order valence-electron chi connectivity index (χ4n) is 3.49. The maximum absolute atomic E-state index is 11.7. The lowest BCUT2D eigenvalue weighted by molar-refractivity contribution is -0.139. The van der Waals surface area contributed by atoms with Gasteiger partial charge in [-0.3, -0.25) is 4.79 Å². The first-order valence-electron chi connectivity index (χ1n) is 8.50. The van der Waals surface area contributed by atoms with Gasteiger partial charge in [-0.25, -0.2) is 0 Å². The van der Waals surface area contributed by atoms with Gasteiger partial charge in [0.1, 0.15) is 0 Å². The van der Waals surface area contributed by atoms with Crippen LogP contribution < -0.4 is 10.6 Å². The fraction of sp³-hybridized carbons (Fsp3) is 0.286. The lowest BCUT2D eigenvalue weighted by atomic mass is 9.90. The maximum atomic E-state index is 11.7. The fourth-order valence-corrected chi connectivity index (χ4v) is 3.49. The summed E-state index contributed by atoms with van der Waals surface area (Å²) in [4.78, 5) is 11.7. The number of carbonyl (C=O) groups excluding carboxylic acids is 1. The Balaban J connectivity index is 2.32. The van der Waals surface area contributed by atoms with Crippen molar-refractivity contribution in [3.05, 3.63) is 59.2 Å². The van der Waals surface area contributed by atoms with Crippen LogP contribution in [-0.4, -0.2) is 27.2 Å². The van der Waals surface area contributed by atoms with Crippen molar-refractivity contribution in [1.29, 1.82) is 0 Å². The molecule has 3 aromatic carbocycles. The van der Waals surface area contributed by atoms with E-state index >= 15 is 0 Å². The predicted octanol–water partition coefficient (Wildman–Crippen LogP) is 3.15. The number of benzene rings is 3. The first-order valence-corrected chi connectivity index (χ1v) is 8.50. The van der Waals surface area contributed by atoms with Crippen LogP contribution in [0.1, 0.15) is 16.7 Å². The molecule has 25 heavy (non-hydrogen) atoms. The van der Waals surface area contributed by atoms with Crippen LogP contribution in [0, 0.1) is 0 Å². The molecule has 3 aromatic rings. The minimum Gasteiger partial charge on any atom is -0.469 e. The molecule has 0 radical (unpaired) electrons. The van der Waals surface area contributed by atoms with E-state index in [1.165, 1.54) is 39.8 Å². The van der Waals surface area contributed by atoms with E-state index in [1.54, 1.807) is 0 Å². The van der Waals surface area contributed by atoms with Crippen LogP contribution in [0.4, 0.5) is 0 Å². The largest absolute Gasteiger partial charge is 0.469 e. The number of fused-ring (bicyclic) bond motifs is 2. The Bertz CT molecular complexity index is 919. The molecule has 0 saturated heterocycles. The van der Waals surface area contributed by atoms with Crippen molar-refractivity contribution in [2.75, 3.05) is 21.2 Å². The van der Waals surface area contributed by atoms with E-state index in [2.05, 4.69) is 47.0 Å². The zero-order valence-corrected chi connectivity index (χ0v) is 15.0. The van der Waals surface area contributed by atoms with Crippen LogP contribution in [0.2, 0.25) is 0 Å². The van der Waals surface area contributed by atoms with Crippen LogP contribution in [-0.2, 0) is 29.0 Å². The van der Waals surface area contributed by atoms with Gasteiger partial charge < -0.3 is 15.4 Å². The van der Waals surface area contributed by atoms with Gasteiger partial charge >= 0.3 is 5.97 Å². The van der Waals surface area contributed by atoms with Crippen LogP contribution in [0.3, 0.4) is 0 Å². The first kappa shape index (κ1) is 17.4. The van der Waals surface area contributed by atoms with Gasteiger partial charge in [0.2, 0.25) is 0 Å². The van der Waals surface area contributed by atoms with Gasteiger partial charge in [0, 0.05) is 13.1 Å². The van der Waals surface area contributed by atoms with Crippen LogP contribution in [0.5, 0.6) is 0 Å². The molecule has 2 N–H and O–H groups in total. The number of esters is 1. The van der Waals surface area contributed by atoms with Crippen molar-refractivity contribution in [2.45, 2.75) is 19.5 Å². The summed E-state index contributed by atoms with van der Waals surface area (Å²) in [6, 6.07) is 14.8. The van der Waals surface area contributed by atoms with Gasteiger partial charge in [0.15, 0.2) is 0 Å². The third-order valence-corrected chi connectivity index (χ3v) is 4.59. The van der Waals surface area contributed by atoms with Gasteiger partial charge in [-0.15, -0.1) is 0 Å². The molecule has 0 aliphatic rings. The van der Waals surface area contributed by atoms with Gasteiger partial charge in [0.05, 0.1) is 13.5 Å². The highest BCUT2D eigenvalue weighted by Crippen LogP contribution is 2.33. The van der Waals surface area contributed by atoms with E-state index in [0.29, 0.717) is 6.42 Å². The molecule has 0 bridgehead atoms. The zero-order valence-electron chi connectivity index (χ0n) is 15.0. The lowest BCUT2D eigenvalue weighted by Crippen LogP contribution is -2.11. The molecule has 0 unspecified atom stereocenters. The van der Waals surface area contributed by atoms with E-state index < -0.39 is 0 Å². The highest BCUT2D eigenvalue weighted by molar-refractivity contribution is 6.06. The average Bonchev–Trinajstić information content (AvgIpc) is 2.64. The van der Waals surface area contributed by atoms with Gasteiger partial charge in [0.25, 0.3) is 0 Å². The SMILES string of the molecule is CNCc1c2ccccc2c(CNC)c2cc(CC(=O)OC)ccc12. The number of carbonyl (C=O) groups is 1. The molecular weight excluding hydrogens is 312 g/mol. The van der Waals surface area contributed by atoms with Crippen molar-refractivity contribution in [3.63, 3.8) is 0 Å². The molecule has 0 heterocycles. The summed E-state index contributed by atoms with van der Waals surface area (Å²) in [5, 5.41) is 11.5. The van der Waals surface area contributed by atoms with Crippen molar-refractivity contribution in [2.24, 2.45) is 0 Å². The number of hydrogen-bond donors (Lipinski definition) is 2. The second-order valence-corrected chi connectivity index (χ2v) is 6.20. The standard InChI is InChI=1S/C21H24N2O2/c1-22-12-19-15-6-4-5-7-16(15)20(13-23-2)18-10-14(8-9-17(18)19)11-21(24)25-3/h4-10,22-23H,11-13H2,1-3H3. The van der Waals surface area contributed by atoms with E-state index in [-0.39, 0.29) is 5.97 Å².